The van der Waals surface area contributed by atoms with Crippen LogP contribution in [-0.4, -0.2) is 48.3 Å². The summed E-state index contributed by atoms with van der Waals surface area (Å²) >= 11 is 5.66. The van der Waals surface area contributed by atoms with E-state index >= 15 is 0 Å². The number of aliphatic hydroxyl groups excluding tert-OH is 2. The molecule has 0 spiro atoms. The van der Waals surface area contributed by atoms with Crippen molar-refractivity contribution in [2.45, 2.75) is 38.7 Å². The topological polar surface area (TPSA) is 76.0 Å². The zero-order chi connectivity index (χ0) is 21.7. The molecular weight excluding hydrogens is 392 g/mol. The first-order valence-electron chi connectivity index (χ1n) is 9.60. The van der Waals surface area contributed by atoms with E-state index in [1.807, 2.05) is 36.4 Å². The van der Waals surface area contributed by atoms with Crippen molar-refractivity contribution in [3.63, 3.8) is 0 Å². The Morgan fingerprint density at radius 2 is 1.45 bits per heavy atom. The third-order valence-electron chi connectivity index (χ3n) is 4.35. The molecule has 0 fully saturated rings. The summed E-state index contributed by atoms with van der Waals surface area (Å²) in [6, 6.07) is 15.9. The highest BCUT2D eigenvalue weighted by Gasteiger charge is 2.23. The van der Waals surface area contributed by atoms with Crippen LogP contribution >= 0.6 is 11.6 Å². The maximum atomic E-state index is 9.35. The highest BCUT2D eigenvalue weighted by molar-refractivity contribution is 6.17. The fourth-order valence-corrected chi connectivity index (χ4v) is 2.70. The number of aliphatic hydroxyl groups is 2. The lowest BCUT2D eigenvalue weighted by molar-refractivity contribution is -0.106. The fraction of sp³-hybridized carbons (Fsp3) is 0.435. The minimum Gasteiger partial charge on any atom is -0.494 e. The van der Waals surface area contributed by atoms with Crippen LogP contribution in [0.25, 0.3) is 0 Å². The Balaban J connectivity index is 0.00000132. The number of halogens is 1. The largest absolute Gasteiger partial charge is 0.494 e. The average Bonchev–Trinajstić information content (AvgIpc) is 2.73. The van der Waals surface area contributed by atoms with Crippen LogP contribution in [0, 0.1) is 0 Å². The van der Waals surface area contributed by atoms with Crippen LogP contribution < -0.4 is 9.47 Å². The lowest BCUT2D eigenvalue weighted by Gasteiger charge is -2.26. The first-order chi connectivity index (χ1) is 13.9. The van der Waals surface area contributed by atoms with Crippen LogP contribution in [-0.2, 0) is 10.2 Å². The summed E-state index contributed by atoms with van der Waals surface area (Å²) in [7, 11) is 0. The van der Waals surface area contributed by atoms with E-state index < -0.39 is 6.10 Å². The van der Waals surface area contributed by atoms with Gasteiger partial charge >= 0.3 is 0 Å². The predicted molar refractivity (Wildman–Crippen MR) is 116 cm³/mol. The van der Waals surface area contributed by atoms with E-state index in [-0.39, 0.29) is 18.6 Å². The van der Waals surface area contributed by atoms with Crippen molar-refractivity contribution in [1.29, 1.82) is 0 Å². The number of aldehydes is 1. The number of hydrogen-bond acceptors (Lipinski definition) is 5. The van der Waals surface area contributed by atoms with Crippen LogP contribution in [0.4, 0.5) is 0 Å². The Bertz CT molecular complexity index is 698. The van der Waals surface area contributed by atoms with Crippen LogP contribution in [0.15, 0.2) is 48.5 Å². The molecule has 2 rings (SSSR count). The molecule has 0 aliphatic rings. The van der Waals surface area contributed by atoms with E-state index in [1.165, 1.54) is 12.5 Å². The molecule has 0 aliphatic carbocycles. The fourth-order valence-electron chi connectivity index (χ4n) is 2.59. The monoisotopic (exact) mass is 422 g/mol. The first kappa shape index (κ1) is 25.0. The molecule has 0 amide bonds. The number of benzene rings is 2. The second-order valence-corrected chi connectivity index (χ2v) is 7.33. The minimum absolute atomic E-state index is 0.0738. The molecule has 6 heteroatoms. The Hall–Kier alpha value is -2.08. The second-order valence-electron chi connectivity index (χ2n) is 6.95. The Morgan fingerprint density at radius 3 is 1.86 bits per heavy atom. The van der Waals surface area contributed by atoms with Crippen LogP contribution in [0.5, 0.6) is 11.5 Å². The SMILES string of the molecule is CC(C)(c1ccc(OCCCCl)cc1)c1ccc(OCC(O)CO)cc1.CC=O. The van der Waals surface area contributed by atoms with Crippen molar-refractivity contribution < 1.29 is 24.5 Å². The van der Waals surface area contributed by atoms with E-state index in [0.717, 1.165) is 24.0 Å². The van der Waals surface area contributed by atoms with Gasteiger partial charge in [0.2, 0.25) is 0 Å². The molecule has 29 heavy (non-hydrogen) atoms. The highest BCUT2D eigenvalue weighted by atomic mass is 35.5. The quantitative estimate of drug-likeness (QED) is 0.344. The number of hydrogen-bond donors (Lipinski definition) is 2. The minimum atomic E-state index is -0.865. The number of ether oxygens (including phenoxy) is 2. The molecule has 0 saturated heterocycles. The van der Waals surface area contributed by atoms with Gasteiger partial charge < -0.3 is 24.5 Å². The van der Waals surface area contributed by atoms with E-state index in [1.54, 1.807) is 0 Å². The van der Waals surface area contributed by atoms with Crippen molar-refractivity contribution in [3.05, 3.63) is 59.7 Å². The molecule has 5 nitrogen and oxygen atoms in total. The van der Waals surface area contributed by atoms with Crippen molar-refractivity contribution in [2.75, 3.05) is 25.7 Å². The maximum Gasteiger partial charge on any atom is 0.119 e. The van der Waals surface area contributed by atoms with Crippen molar-refractivity contribution in [1.82, 2.24) is 0 Å². The average molecular weight is 423 g/mol. The standard InChI is InChI=1S/C21H27ClO4.C2H4O/c1-21(2,16-4-8-19(9-5-16)25-13-3-12-22)17-6-10-20(11-7-17)26-15-18(24)14-23;1-2-3/h4-11,18,23-24H,3,12-15H2,1-2H3;2H,1H3. The van der Waals surface area contributed by atoms with Crippen LogP contribution in [0.3, 0.4) is 0 Å². The lowest BCUT2D eigenvalue weighted by atomic mass is 9.78. The number of alkyl halides is 1. The molecule has 0 radical (unpaired) electrons. The molecule has 2 N–H and O–H groups in total. The van der Waals surface area contributed by atoms with Gasteiger partial charge in [0.05, 0.1) is 13.2 Å². The van der Waals surface area contributed by atoms with E-state index in [2.05, 4.69) is 26.0 Å². The molecule has 0 saturated carbocycles. The van der Waals surface area contributed by atoms with Gasteiger partial charge in [-0.25, -0.2) is 0 Å². The van der Waals surface area contributed by atoms with Crippen molar-refractivity contribution in [2.24, 2.45) is 0 Å². The summed E-state index contributed by atoms with van der Waals surface area (Å²) in [6.07, 6.45) is 0.717. The summed E-state index contributed by atoms with van der Waals surface area (Å²) in [4.78, 5) is 8.81. The third kappa shape index (κ3) is 8.44. The number of carbonyl (C=O) groups is 1. The molecule has 0 aliphatic heterocycles. The molecule has 1 atom stereocenters. The summed E-state index contributed by atoms with van der Waals surface area (Å²) in [5.41, 5.74) is 2.17. The first-order valence-corrected chi connectivity index (χ1v) is 10.1. The molecule has 0 aromatic heterocycles. The van der Waals surface area contributed by atoms with Gasteiger partial charge in [-0.2, -0.15) is 0 Å². The smallest absolute Gasteiger partial charge is 0.119 e. The summed E-state index contributed by atoms with van der Waals surface area (Å²) in [6.45, 7) is 6.17. The van der Waals surface area contributed by atoms with Crippen molar-refractivity contribution in [3.8, 4) is 11.5 Å². The van der Waals surface area contributed by atoms with Crippen LogP contribution in [0.2, 0.25) is 0 Å². The lowest BCUT2D eigenvalue weighted by Crippen LogP contribution is -2.21. The second kappa shape index (κ2) is 13.2. The number of rotatable bonds is 10. The van der Waals surface area contributed by atoms with E-state index in [4.69, 9.17) is 31.0 Å². The zero-order valence-electron chi connectivity index (χ0n) is 17.3. The van der Waals surface area contributed by atoms with Gasteiger partial charge in [0.25, 0.3) is 0 Å². The normalized spacial score (nSPS) is 11.8. The molecule has 0 bridgehead atoms. The van der Waals surface area contributed by atoms with Crippen molar-refractivity contribution >= 4 is 17.9 Å². The molecule has 0 heterocycles. The van der Waals surface area contributed by atoms with Gasteiger partial charge in [0.15, 0.2) is 0 Å². The van der Waals surface area contributed by atoms with Gasteiger partial charge in [-0.15, -0.1) is 11.6 Å². The van der Waals surface area contributed by atoms with Crippen LogP contribution in [0.1, 0.15) is 38.3 Å². The molecule has 160 valence electrons. The molecule has 2 aromatic carbocycles. The van der Waals surface area contributed by atoms with Gasteiger partial charge in [-0.05, 0) is 48.7 Å². The molecule has 2 aromatic rings. The predicted octanol–water partition coefficient (Wildman–Crippen LogP) is 3.96. The van der Waals surface area contributed by atoms with E-state index in [0.29, 0.717) is 18.2 Å². The third-order valence-corrected chi connectivity index (χ3v) is 4.62. The summed E-state index contributed by atoms with van der Waals surface area (Å²) in [5, 5.41) is 18.2. The summed E-state index contributed by atoms with van der Waals surface area (Å²) < 4.78 is 11.1. The zero-order valence-corrected chi connectivity index (χ0v) is 18.1. The van der Waals surface area contributed by atoms with Gasteiger partial charge in [-0.1, -0.05) is 38.1 Å². The van der Waals surface area contributed by atoms with Gasteiger partial charge in [0.1, 0.15) is 30.5 Å². The maximum absolute atomic E-state index is 9.35. The van der Waals surface area contributed by atoms with Gasteiger partial charge in [0, 0.05) is 11.3 Å². The van der Waals surface area contributed by atoms with Gasteiger partial charge in [-0.3, -0.25) is 0 Å². The Kier molecular flexibility index (Phi) is 11.4. The number of carbonyl (C=O) groups excluding carboxylic acids is 1. The Labute approximate surface area is 178 Å². The molecular formula is C23H31ClO5. The van der Waals surface area contributed by atoms with E-state index in [9.17, 15) is 5.11 Å². The summed E-state index contributed by atoms with van der Waals surface area (Å²) in [5.74, 6) is 2.12. The molecule has 1 unspecified atom stereocenters. The Morgan fingerprint density at radius 1 is 1.00 bits per heavy atom. The highest BCUT2D eigenvalue weighted by Crippen LogP contribution is 2.33.